The van der Waals surface area contributed by atoms with E-state index in [0.29, 0.717) is 18.9 Å². The molecule has 0 fully saturated rings. The van der Waals surface area contributed by atoms with Crippen LogP contribution >= 0.6 is 0 Å². The first-order valence-corrected chi connectivity index (χ1v) is 6.87. The average Bonchev–Trinajstić information content (AvgIpc) is 2.50. The van der Waals surface area contributed by atoms with Crippen molar-refractivity contribution in [2.75, 3.05) is 6.54 Å². The molecule has 1 aromatic rings. The second kappa shape index (κ2) is 8.19. The first-order chi connectivity index (χ1) is 9.58. The predicted molar refractivity (Wildman–Crippen MR) is 79.5 cm³/mol. The molecule has 2 unspecified atom stereocenters. The Bertz CT molecular complexity index is 446. The highest BCUT2D eigenvalue weighted by atomic mass is 16.4. The lowest BCUT2D eigenvalue weighted by Gasteiger charge is -2.17. The van der Waals surface area contributed by atoms with Crippen LogP contribution in [0.25, 0.3) is 0 Å². The van der Waals surface area contributed by atoms with Gasteiger partial charge in [-0.25, -0.2) is 0 Å². The van der Waals surface area contributed by atoms with Crippen molar-refractivity contribution >= 4 is 11.7 Å². The topological polar surface area (TPSA) is 87.7 Å². The van der Waals surface area contributed by atoms with Crippen molar-refractivity contribution in [3.63, 3.8) is 0 Å². The molecule has 5 nitrogen and oxygen atoms in total. The molecule has 0 saturated carbocycles. The van der Waals surface area contributed by atoms with E-state index in [2.05, 4.69) is 24.3 Å². The molecule has 20 heavy (non-hydrogen) atoms. The fourth-order valence-electron chi connectivity index (χ4n) is 1.79. The van der Waals surface area contributed by atoms with Gasteiger partial charge in [0.2, 0.25) is 5.91 Å². The second-order valence-corrected chi connectivity index (χ2v) is 5.03. The van der Waals surface area contributed by atoms with Crippen molar-refractivity contribution in [1.29, 1.82) is 0 Å². The van der Waals surface area contributed by atoms with E-state index < -0.39 is 5.92 Å². The summed E-state index contributed by atoms with van der Waals surface area (Å²) >= 11 is 0. The lowest BCUT2D eigenvalue weighted by molar-refractivity contribution is -0.123. The third kappa shape index (κ3) is 4.91. The molecule has 1 rings (SSSR count). The van der Waals surface area contributed by atoms with Crippen molar-refractivity contribution in [1.82, 2.24) is 5.32 Å². The highest BCUT2D eigenvalue weighted by Crippen LogP contribution is 2.10. The van der Waals surface area contributed by atoms with Crippen LogP contribution in [0.1, 0.15) is 25.8 Å². The summed E-state index contributed by atoms with van der Waals surface area (Å²) in [5, 5.41) is 14.7. The molecule has 0 aromatic heterocycles. The van der Waals surface area contributed by atoms with Gasteiger partial charge in [-0.3, -0.25) is 4.79 Å². The number of hydrogen-bond donors (Lipinski definition) is 3. The Hall–Kier alpha value is -2.04. The van der Waals surface area contributed by atoms with Gasteiger partial charge in [-0.2, -0.15) is 0 Å². The Morgan fingerprint density at radius 2 is 2.05 bits per heavy atom. The smallest absolute Gasteiger partial charge is 0.231 e. The zero-order chi connectivity index (χ0) is 15.0. The monoisotopic (exact) mass is 277 g/mol. The van der Waals surface area contributed by atoms with Crippen molar-refractivity contribution in [2.45, 2.75) is 26.7 Å². The molecule has 0 bridgehead atoms. The fourth-order valence-corrected chi connectivity index (χ4v) is 1.79. The lowest BCUT2D eigenvalue weighted by atomic mass is 9.97. The van der Waals surface area contributed by atoms with Crippen LogP contribution in [-0.4, -0.2) is 23.5 Å². The van der Waals surface area contributed by atoms with Crippen molar-refractivity contribution in [3.8, 4) is 0 Å². The van der Waals surface area contributed by atoms with E-state index in [1.54, 1.807) is 0 Å². The number of hydrogen-bond acceptors (Lipinski definition) is 3. The van der Waals surface area contributed by atoms with Gasteiger partial charge in [-0.05, 0) is 17.9 Å². The quantitative estimate of drug-likeness (QED) is 0.307. The van der Waals surface area contributed by atoms with Gasteiger partial charge in [0, 0.05) is 6.54 Å². The van der Waals surface area contributed by atoms with Gasteiger partial charge in [0.05, 0.1) is 0 Å². The largest absolute Gasteiger partial charge is 0.409 e. The minimum absolute atomic E-state index is 0.0597. The molecule has 4 N–H and O–H groups in total. The van der Waals surface area contributed by atoms with E-state index in [9.17, 15) is 4.79 Å². The number of nitrogens with zero attached hydrogens (tertiary/aromatic N) is 1. The van der Waals surface area contributed by atoms with Crippen LogP contribution in [0.3, 0.4) is 0 Å². The minimum atomic E-state index is -0.647. The zero-order valence-corrected chi connectivity index (χ0v) is 12.0. The number of carbonyl (C=O) groups is 1. The second-order valence-electron chi connectivity index (χ2n) is 5.03. The Morgan fingerprint density at radius 1 is 1.40 bits per heavy atom. The molecule has 1 amide bonds. The van der Waals surface area contributed by atoms with Crippen molar-refractivity contribution in [3.05, 3.63) is 35.9 Å². The molecule has 0 spiro atoms. The predicted octanol–water partition coefficient (Wildman–Crippen LogP) is 1.75. The van der Waals surface area contributed by atoms with Crippen LogP contribution < -0.4 is 11.1 Å². The molecule has 0 saturated heterocycles. The summed E-state index contributed by atoms with van der Waals surface area (Å²) in [6.45, 7) is 4.73. The van der Waals surface area contributed by atoms with Gasteiger partial charge in [0.25, 0.3) is 0 Å². The molecule has 5 heteroatoms. The Kier molecular flexibility index (Phi) is 6.56. The van der Waals surface area contributed by atoms with Gasteiger partial charge in [0.15, 0.2) is 5.84 Å². The number of benzene rings is 1. The van der Waals surface area contributed by atoms with Crippen molar-refractivity contribution < 1.29 is 10.0 Å². The first kappa shape index (κ1) is 16.0. The van der Waals surface area contributed by atoms with E-state index in [1.807, 2.05) is 30.3 Å². The minimum Gasteiger partial charge on any atom is -0.409 e. The third-order valence-electron chi connectivity index (χ3n) is 3.39. The van der Waals surface area contributed by atoms with Gasteiger partial charge in [0.1, 0.15) is 5.92 Å². The molecule has 0 aliphatic heterocycles. The maximum atomic E-state index is 12.2. The van der Waals surface area contributed by atoms with Crippen LogP contribution in [0.5, 0.6) is 0 Å². The lowest BCUT2D eigenvalue weighted by Crippen LogP contribution is -2.41. The van der Waals surface area contributed by atoms with Crippen LogP contribution in [0.2, 0.25) is 0 Å². The maximum Gasteiger partial charge on any atom is 0.231 e. The van der Waals surface area contributed by atoms with Gasteiger partial charge >= 0.3 is 0 Å². The number of rotatable bonds is 7. The van der Waals surface area contributed by atoms with Gasteiger partial charge < -0.3 is 16.3 Å². The summed E-state index contributed by atoms with van der Waals surface area (Å²) in [5.41, 5.74) is 6.62. The molecule has 0 radical (unpaired) electrons. The van der Waals surface area contributed by atoms with Gasteiger partial charge in [-0.1, -0.05) is 55.8 Å². The maximum absolute atomic E-state index is 12.2. The highest BCUT2D eigenvalue weighted by molar-refractivity contribution is 6.02. The number of amides is 1. The van der Waals surface area contributed by atoms with Crippen LogP contribution in [-0.2, 0) is 11.2 Å². The Morgan fingerprint density at radius 3 is 2.60 bits per heavy atom. The van der Waals surface area contributed by atoms with Crippen LogP contribution in [0.4, 0.5) is 0 Å². The van der Waals surface area contributed by atoms with E-state index in [-0.39, 0.29) is 11.7 Å². The van der Waals surface area contributed by atoms with E-state index >= 15 is 0 Å². The fraction of sp³-hybridized carbons (Fsp3) is 0.467. The molecule has 0 heterocycles. The Balaban J connectivity index is 2.72. The Labute approximate surface area is 119 Å². The summed E-state index contributed by atoms with van der Waals surface area (Å²) in [4.78, 5) is 12.2. The van der Waals surface area contributed by atoms with Gasteiger partial charge in [-0.15, -0.1) is 0 Å². The number of nitrogens with one attached hydrogen (secondary N) is 1. The molecule has 0 aliphatic rings. The molecule has 0 aliphatic carbocycles. The summed E-state index contributed by atoms with van der Waals surface area (Å²) < 4.78 is 0. The summed E-state index contributed by atoms with van der Waals surface area (Å²) in [7, 11) is 0. The molecule has 2 atom stereocenters. The third-order valence-corrected chi connectivity index (χ3v) is 3.39. The van der Waals surface area contributed by atoms with Crippen LogP contribution in [0, 0.1) is 11.8 Å². The summed E-state index contributed by atoms with van der Waals surface area (Å²) in [6, 6.07) is 9.54. The number of carbonyl (C=O) groups excluding carboxylic acids is 1. The molecular weight excluding hydrogens is 254 g/mol. The number of nitrogens with two attached hydrogens (primary N) is 1. The standard InChI is InChI=1S/C15H23N3O2/c1-3-11(2)10-17-15(19)13(14(16)18-20)9-12-7-5-4-6-8-12/h4-8,11,13,20H,3,9-10H2,1-2H3,(H2,16,18)(H,17,19). The first-order valence-electron chi connectivity index (χ1n) is 6.87. The molecule has 110 valence electrons. The van der Waals surface area contributed by atoms with E-state index in [0.717, 1.165) is 12.0 Å². The normalized spacial score (nSPS) is 14.6. The van der Waals surface area contributed by atoms with Crippen LogP contribution in [0.15, 0.2) is 35.5 Å². The number of oxime groups is 1. The van der Waals surface area contributed by atoms with Crippen molar-refractivity contribution in [2.24, 2.45) is 22.7 Å². The molecule has 1 aromatic carbocycles. The van der Waals surface area contributed by atoms with E-state index in [4.69, 9.17) is 10.9 Å². The zero-order valence-electron chi connectivity index (χ0n) is 12.0. The summed E-state index contributed by atoms with van der Waals surface area (Å²) in [6.07, 6.45) is 1.41. The SMILES string of the molecule is CCC(C)CNC(=O)C(Cc1ccccc1)C(N)=NO. The van der Waals surface area contributed by atoms with E-state index in [1.165, 1.54) is 0 Å². The molecular formula is C15H23N3O2. The summed E-state index contributed by atoms with van der Waals surface area (Å²) in [5.74, 6) is -0.505. The highest BCUT2D eigenvalue weighted by Gasteiger charge is 2.23. The number of amidine groups is 1. The average molecular weight is 277 g/mol.